The van der Waals surface area contributed by atoms with Crippen LogP contribution in [0, 0.1) is 13.8 Å². The molecule has 0 bridgehead atoms. The molecule has 2 unspecified atom stereocenters. The minimum Gasteiger partial charge on any atom is -0.322 e. The van der Waals surface area contributed by atoms with E-state index in [0.717, 1.165) is 10.4 Å². The van der Waals surface area contributed by atoms with Crippen molar-refractivity contribution < 1.29 is 8.42 Å². The van der Waals surface area contributed by atoms with E-state index < -0.39 is 21.1 Å². The Bertz CT molecular complexity index is 448. The highest BCUT2D eigenvalue weighted by Crippen LogP contribution is 2.29. The highest BCUT2D eigenvalue weighted by Gasteiger charge is 2.26. The Labute approximate surface area is 95.2 Å². The molecule has 0 amide bonds. The molecular formula is C10H17NO2S2. The average molecular weight is 247 g/mol. The van der Waals surface area contributed by atoms with E-state index in [0.29, 0.717) is 0 Å². The number of hydrogen-bond acceptors (Lipinski definition) is 4. The van der Waals surface area contributed by atoms with Gasteiger partial charge < -0.3 is 5.73 Å². The molecule has 1 heterocycles. The molecule has 2 N–H and O–H groups in total. The fraction of sp³-hybridized carbons (Fsp3) is 0.600. The summed E-state index contributed by atoms with van der Waals surface area (Å²) in [5.74, 6) is 0. The van der Waals surface area contributed by atoms with Gasteiger partial charge in [-0.2, -0.15) is 0 Å². The molecule has 0 saturated carbocycles. The van der Waals surface area contributed by atoms with Gasteiger partial charge in [-0.25, -0.2) is 8.42 Å². The molecule has 15 heavy (non-hydrogen) atoms. The number of nitrogens with two attached hydrogens (primary N) is 1. The smallest absolute Gasteiger partial charge is 0.151 e. The van der Waals surface area contributed by atoms with Crippen LogP contribution in [0.5, 0.6) is 0 Å². The lowest BCUT2D eigenvalue weighted by molar-refractivity contribution is 0.572. The first-order valence-corrected chi connectivity index (χ1v) is 7.52. The van der Waals surface area contributed by atoms with E-state index in [-0.39, 0.29) is 0 Å². The number of aryl methyl sites for hydroxylation is 2. The summed E-state index contributed by atoms with van der Waals surface area (Å²) in [7, 11) is -3.08. The molecular weight excluding hydrogens is 230 g/mol. The molecule has 0 spiro atoms. The standard InChI is InChI=1S/C10H17NO2S2/c1-6-5-7(2)14-10(6)9(11)8(3)15(4,12)13/h5,8-9H,11H2,1-4H3. The van der Waals surface area contributed by atoms with E-state index in [1.165, 1.54) is 11.1 Å². The van der Waals surface area contributed by atoms with Gasteiger partial charge in [-0.3, -0.25) is 0 Å². The van der Waals surface area contributed by atoms with Gasteiger partial charge in [0.2, 0.25) is 0 Å². The van der Waals surface area contributed by atoms with Gasteiger partial charge in [-0.1, -0.05) is 0 Å². The second kappa shape index (κ2) is 4.23. The largest absolute Gasteiger partial charge is 0.322 e. The van der Waals surface area contributed by atoms with E-state index in [9.17, 15) is 8.42 Å². The summed E-state index contributed by atoms with van der Waals surface area (Å²) >= 11 is 1.58. The summed E-state index contributed by atoms with van der Waals surface area (Å²) in [6, 6.07) is 1.62. The number of thiophene rings is 1. The van der Waals surface area contributed by atoms with Crippen molar-refractivity contribution in [3.63, 3.8) is 0 Å². The summed E-state index contributed by atoms with van der Waals surface area (Å²) in [6.45, 7) is 5.63. The third-order valence-electron chi connectivity index (χ3n) is 2.56. The molecule has 3 nitrogen and oxygen atoms in total. The quantitative estimate of drug-likeness (QED) is 0.886. The maximum atomic E-state index is 11.4. The first-order valence-electron chi connectivity index (χ1n) is 4.75. The van der Waals surface area contributed by atoms with Crippen molar-refractivity contribution >= 4 is 21.2 Å². The number of sulfone groups is 1. The van der Waals surface area contributed by atoms with Crippen LogP contribution in [0.4, 0.5) is 0 Å². The first kappa shape index (κ1) is 12.7. The van der Waals surface area contributed by atoms with Crippen LogP contribution >= 0.6 is 11.3 Å². The van der Waals surface area contributed by atoms with Crippen molar-refractivity contribution in [3.8, 4) is 0 Å². The molecule has 0 aliphatic carbocycles. The number of rotatable bonds is 3. The van der Waals surface area contributed by atoms with Gasteiger partial charge in [0.15, 0.2) is 9.84 Å². The average Bonchev–Trinajstić information content (AvgIpc) is 2.41. The van der Waals surface area contributed by atoms with Crippen molar-refractivity contribution in [1.29, 1.82) is 0 Å². The van der Waals surface area contributed by atoms with Gasteiger partial charge in [-0.05, 0) is 32.4 Å². The molecule has 0 aliphatic rings. The van der Waals surface area contributed by atoms with Gasteiger partial charge in [0, 0.05) is 16.0 Å². The lowest BCUT2D eigenvalue weighted by Crippen LogP contribution is -2.30. The van der Waals surface area contributed by atoms with Crippen molar-refractivity contribution in [1.82, 2.24) is 0 Å². The third-order valence-corrected chi connectivity index (χ3v) is 5.46. The third kappa shape index (κ3) is 2.80. The highest BCUT2D eigenvalue weighted by molar-refractivity contribution is 7.91. The molecule has 0 aromatic carbocycles. The maximum absolute atomic E-state index is 11.4. The van der Waals surface area contributed by atoms with Crippen LogP contribution in [0.25, 0.3) is 0 Å². The van der Waals surface area contributed by atoms with E-state index in [1.54, 1.807) is 18.3 Å². The van der Waals surface area contributed by atoms with Gasteiger partial charge in [0.25, 0.3) is 0 Å². The molecule has 0 aliphatic heterocycles. The first-order chi connectivity index (χ1) is 6.73. The monoisotopic (exact) mass is 247 g/mol. The summed E-state index contributed by atoms with van der Waals surface area (Å²) in [6.07, 6.45) is 1.23. The lowest BCUT2D eigenvalue weighted by atomic mass is 10.1. The SMILES string of the molecule is Cc1cc(C)c(C(N)C(C)S(C)(=O)=O)s1. The van der Waals surface area contributed by atoms with Crippen molar-refractivity contribution in [2.24, 2.45) is 5.73 Å². The minimum atomic E-state index is -3.08. The van der Waals surface area contributed by atoms with Crippen LogP contribution in [0.2, 0.25) is 0 Å². The Hall–Kier alpha value is -0.390. The van der Waals surface area contributed by atoms with Crippen LogP contribution < -0.4 is 5.73 Å². The Morgan fingerprint density at radius 3 is 2.27 bits per heavy atom. The topological polar surface area (TPSA) is 60.2 Å². The molecule has 1 aromatic rings. The Balaban J connectivity index is 3.05. The van der Waals surface area contributed by atoms with Crippen molar-refractivity contribution in [3.05, 3.63) is 21.4 Å². The van der Waals surface area contributed by atoms with E-state index in [4.69, 9.17) is 5.73 Å². The summed E-state index contributed by atoms with van der Waals surface area (Å²) in [5, 5.41) is -0.533. The highest BCUT2D eigenvalue weighted by atomic mass is 32.2. The normalized spacial score (nSPS) is 16.3. The summed E-state index contributed by atoms with van der Waals surface area (Å²) in [5.41, 5.74) is 7.05. The van der Waals surface area contributed by atoms with Crippen LogP contribution in [-0.2, 0) is 9.84 Å². The van der Waals surface area contributed by atoms with Crippen LogP contribution in [0.3, 0.4) is 0 Å². The Kier molecular flexibility index (Phi) is 3.58. The molecule has 0 fully saturated rings. The summed E-state index contributed by atoms with van der Waals surface area (Å²) in [4.78, 5) is 2.14. The Morgan fingerprint density at radius 2 is 1.93 bits per heavy atom. The fourth-order valence-corrected chi connectivity index (χ4v) is 3.37. The van der Waals surface area contributed by atoms with Gasteiger partial charge in [0.05, 0.1) is 11.3 Å². The predicted octanol–water partition coefficient (Wildman–Crippen LogP) is 1.80. The van der Waals surface area contributed by atoms with Crippen molar-refractivity contribution in [2.45, 2.75) is 32.1 Å². The summed E-state index contributed by atoms with van der Waals surface area (Å²) < 4.78 is 22.8. The zero-order chi connectivity index (χ0) is 11.8. The molecule has 0 radical (unpaired) electrons. The molecule has 5 heteroatoms. The van der Waals surface area contributed by atoms with Crippen LogP contribution in [0.15, 0.2) is 6.07 Å². The minimum absolute atomic E-state index is 0.418. The molecule has 1 aromatic heterocycles. The molecule has 0 saturated heterocycles. The van der Waals surface area contributed by atoms with Crippen LogP contribution in [0.1, 0.15) is 28.3 Å². The Morgan fingerprint density at radius 1 is 1.40 bits per heavy atom. The van der Waals surface area contributed by atoms with Gasteiger partial charge in [-0.15, -0.1) is 11.3 Å². The zero-order valence-electron chi connectivity index (χ0n) is 9.44. The second-order valence-corrected chi connectivity index (χ2v) is 7.66. The fourth-order valence-electron chi connectivity index (χ4n) is 1.47. The van der Waals surface area contributed by atoms with Gasteiger partial charge in [0.1, 0.15) is 0 Å². The van der Waals surface area contributed by atoms with Crippen molar-refractivity contribution in [2.75, 3.05) is 6.26 Å². The molecule has 2 atom stereocenters. The molecule has 86 valence electrons. The van der Waals surface area contributed by atoms with Gasteiger partial charge >= 0.3 is 0 Å². The van der Waals surface area contributed by atoms with E-state index in [1.807, 2.05) is 19.9 Å². The second-order valence-electron chi connectivity index (χ2n) is 3.96. The van der Waals surface area contributed by atoms with Crippen LogP contribution in [-0.4, -0.2) is 19.9 Å². The number of hydrogen-bond donors (Lipinski definition) is 1. The van der Waals surface area contributed by atoms with E-state index >= 15 is 0 Å². The lowest BCUT2D eigenvalue weighted by Gasteiger charge is -2.17. The zero-order valence-corrected chi connectivity index (χ0v) is 11.1. The van der Waals surface area contributed by atoms with E-state index in [2.05, 4.69) is 0 Å². The maximum Gasteiger partial charge on any atom is 0.151 e. The predicted molar refractivity (Wildman–Crippen MR) is 65.0 cm³/mol. The molecule has 1 rings (SSSR count).